The largest absolute Gasteiger partial charge is 0.326 e. The number of rotatable bonds is 6. The van der Waals surface area contributed by atoms with Crippen LogP contribution in [-0.4, -0.2) is 14.2 Å². The minimum absolute atomic E-state index is 0.00820. The summed E-state index contributed by atoms with van der Waals surface area (Å²) in [7, 11) is -3.29. The van der Waals surface area contributed by atoms with E-state index in [1.54, 1.807) is 12.1 Å². The summed E-state index contributed by atoms with van der Waals surface area (Å²) in [6.07, 6.45) is 1.95. The van der Waals surface area contributed by atoms with Gasteiger partial charge in [-0.1, -0.05) is 12.1 Å². The summed E-state index contributed by atoms with van der Waals surface area (Å²) in [5.41, 5.74) is 6.43. The van der Waals surface area contributed by atoms with Crippen molar-refractivity contribution in [3.8, 4) is 0 Å². The zero-order valence-electron chi connectivity index (χ0n) is 10.0. The van der Waals surface area contributed by atoms with Gasteiger partial charge in [0.05, 0.1) is 5.75 Å². The zero-order valence-corrected chi connectivity index (χ0v) is 10.8. The van der Waals surface area contributed by atoms with Crippen molar-refractivity contribution in [3.63, 3.8) is 0 Å². The van der Waals surface area contributed by atoms with Crippen molar-refractivity contribution < 1.29 is 12.8 Å². The fourth-order valence-corrected chi connectivity index (χ4v) is 3.15. The molecule has 2 rings (SSSR count). The van der Waals surface area contributed by atoms with Gasteiger partial charge in [0.25, 0.3) is 0 Å². The molecule has 0 radical (unpaired) electrons. The molecule has 1 aliphatic rings. The molecule has 0 amide bonds. The standard InChI is InChI=1S/C12H17FN2O2S/c13-12-5-10(6-14)3-4-11(12)7-15-18(16,17)8-9-1-2-9/h3-5,9,15H,1-2,6-8,14H2. The van der Waals surface area contributed by atoms with Crippen LogP contribution >= 0.6 is 0 Å². The van der Waals surface area contributed by atoms with Gasteiger partial charge in [0.15, 0.2) is 0 Å². The molecule has 1 aromatic carbocycles. The van der Waals surface area contributed by atoms with Crippen molar-refractivity contribution in [2.75, 3.05) is 5.75 Å². The molecule has 18 heavy (non-hydrogen) atoms. The quantitative estimate of drug-likeness (QED) is 0.815. The molecule has 0 heterocycles. The van der Waals surface area contributed by atoms with Crippen LogP contribution in [0.4, 0.5) is 4.39 Å². The second-order valence-corrected chi connectivity index (χ2v) is 6.53. The van der Waals surface area contributed by atoms with E-state index in [9.17, 15) is 12.8 Å². The Balaban J connectivity index is 1.96. The highest BCUT2D eigenvalue weighted by Gasteiger charge is 2.27. The monoisotopic (exact) mass is 272 g/mol. The van der Waals surface area contributed by atoms with Crippen LogP contribution in [0.1, 0.15) is 24.0 Å². The molecule has 0 bridgehead atoms. The molecule has 1 aromatic rings. The van der Waals surface area contributed by atoms with E-state index in [4.69, 9.17) is 5.73 Å². The molecule has 0 saturated heterocycles. The number of benzene rings is 1. The van der Waals surface area contributed by atoms with Crippen LogP contribution in [0.2, 0.25) is 0 Å². The first-order valence-electron chi connectivity index (χ1n) is 5.95. The molecular weight excluding hydrogens is 255 g/mol. The molecule has 0 spiro atoms. The Labute approximate surface area is 106 Å². The molecule has 100 valence electrons. The van der Waals surface area contributed by atoms with Gasteiger partial charge in [0.1, 0.15) is 5.82 Å². The molecule has 1 saturated carbocycles. The van der Waals surface area contributed by atoms with Crippen LogP contribution in [0, 0.1) is 11.7 Å². The average molecular weight is 272 g/mol. The lowest BCUT2D eigenvalue weighted by Gasteiger charge is -2.08. The number of hydrogen-bond donors (Lipinski definition) is 2. The summed E-state index contributed by atoms with van der Waals surface area (Å²) in [4.78, 5) is 0. The van der Waals surface area contributed by atoms with Crippen LogP contribution in [0.3, 0.4) is 0 Å². The van der Waals surface area contributed by atoms with Gasteiger partial charge in [0.2, 0.25) is 10.0 Å². The van der Waals surface area contributed by atoms with Gasteiger partial charge in [-0.15, -0.1) is 0 Å². The van der Waals surface area contributed by atoms with Crippen LogP contribution < -0.4 is 10.5 Å². The fourth-order valence-electron chi connectivity index (χ4n) is 1.70. The van der Waals surface area contributed by atoms with Crippen molar-refractivity contribution in [2.45, 2.75) is 25.9 Å². The van der Waals surface area contributed by atoms with E-state index >= 15 is 0 Å². The SMILES string of the molecule is NCc1ccc(CNS(=O)(=O)CC2CC2)c(F)c1. The minimum atomic E-state index is -3.29. The second-order valence-electron chi connectivity index (χ2n) is 4.68. The van der Waals surface area contributed by atoms with Crippen molar-refractivity contribution in [1.29, 1.82) is 0 Å². The number of nitrogens with two attached hydrogens (primary N) is 1. The Morgan fingerprint density at radius 2 is 2.11 bits per heavy atom. The van der Waals surface area contributed by atoms with E-state index in [0.29, 0.717) is 11.1 Å². The number of nitrogens with one attached hydrogen (secondary N) is 1. The van der Waals surface area contributed by atoms with Gasteiger partial charge in [-0.05, 0) is 30.4 Å². The maximum Gasteiger partial charge on any atom is 0.212 e. The first kappa shape index (κ1) is 13.5. The fraction of sp³-hybridized carbons (Fsp3) is 0.500. The lowest BCUT2D eigenvalue weighted by atomic mass is 10.1. The molecule has 0 aromatic heterocycles. The summed E-state index contributed by atoms with van der Waals surface area (Å²) in [6, 6.07) is 4.61. The number of hydrogen-bond acceptors (Lipinski definition) is 3. The smallest absolute Gasteiger partial charge is 0.212 e. The Morgan fingerprint density at radius 1 is 1.39 bits per heavy atom. The summed E-state index contributed by atoms with van der Waals surface area (Å²) in [5.74, 6) is 0.00853. The van der Waals surface area contributed by atoms with E-state index in [1.165, 1.54) is 6.07 Å². The summed E-state index contributed by atoms with van der Waals surface area (Å²) in [5, 5.41) is 0. The molecular formula is C12H17FN2O2S. The highest BCUT2D eigenvalue weighted by Crippen LogP contribution is 2.30. The molecule has 1 aliphatic carbocycles. The van der Waals surface area contributed by atoms with Gasteiger partial charge in [-0.2, -0.15) is 0 Å². The van der Waals surface area contributed by atoms with Crippen molar-refractivity contribution >= 4 is 10.0 Å². The van der Waals surface area contributed by atoms with Crippen LogP contribution in [0.25, 0.3) is 0 Å². The summed E-state index contributed by atoms with van der Waals surface area (Å²) in [6.45, 7) is 0.260. The molecule has 4 nitrogen and oxygen atoms in total. The predicted octanol–water partition coefficient (Wildman–Crippen LogP) is 1.11. The summed E-state index contributed by atoms with van der Waals surface area (Å²) >= 11 is 0. The molecule has 6 heteroatoms. The Bertz CT molecular complexity index is 527. The average Bonchev–Trinajstić information content (AvgIpc) is 3.10. The molecule has 3 N–H and O–H groups in total. The molecule has 0 aliphatic heterocycles. The van der Waals surface area contributed by atoms with Gasteiger partial charge < -0.3 is 5.73 Å². The van der Waals surface area contributed by atoms with Crippen molar-refractivity contribution in [3.05, 3.63) is 35.1 Å². The van der Waals surface area contributed by atoms with Gasteiger partial charge in [-0.3, -0.25) is 0 Å². The van der Waals surface area contributed by atoms with Crippen molar-refractivity contribution in [2.24, 2.45) is 11.7 Å². The van der Waals surface area contributed by atoms with Crippen LogP contribution in [0.15, 0.2) is 18.2 Å². The Hall–Kier alpha value is -0.980. The second kappa shape index (κ2) is 5.34. The number of sulfonamides is 1. The third kappa shape index (κ3) is 3.76. The molecule has 0 atom stereocenters. The molecule has 1 fully saturated rings. The van der Waals surface area contributed by atoms with Crippen molar-refractivity contribution in [1.82, 2.24) is 4.72 Å². The van der Waals surface area contributed by atoms with E-state index < -0.39 is 15.8 Å². The number of halogens is 1. The van der Waals surface area contributed by atoms with E-state index in [2.05, 4.69) is 4.72 Å². The molecule has 0 unspecified atom stereocenters. The first-order valence-corrected chi connectivity index (χ1v) is 7.60. The van der Waals surface area contributed by atoms with Gasteiger partial charge in [0, 0.05) is 18.7 Å². The van der Waals surface area contributed by atoms with Crippen LogP contribution in [-0.2, 0) is 23.1 Å². The Kier molecular flexibility index (Phi) is 3.99. The lowest BCUT2D eigenvalue weighted by Crippen LogP contribution is -2.27. The highest BCUT2D eigenvalue weighted by atomic mass is 32.2. The normalized spacial score (nSPS) is 15.9. The summed E-state index contributed by atoms with van der Waals surface area (Å²) < 4.78 is 39.3. The minimum Gasteiger partial charge on any atom is -0.326 e. The predicted molar refractivity (Wildman–Crippen MR) is 67.6 cm³/mol. The third-order valence-corrected chi connectivity index (χ3v) is 4.48. The third-order valence-electron chi connectivity index (χ3n) is 2.99. The maximum absolute atomic E-state index is 13.6. The van der Waals surface area contributed by atoms with Gasteiger partial charge >= 0.3 is 0 Å². The van der Waals surface area contributed by atoms with E-state index in [1.807, 2.05) is 0 Å². The lowest BCUT2D eigenvalue weighted by molar-refractivity contribution is 0.570. The van der Waals surface area contributed by atoms with Crippen LogP contribution in [0.5, 0.6) is 0 Å². The first-order chi connectivity index (χ1) is 8.50. The zero-order chi connectivity index (χ0) is 13.2. The van der Waals surface area contributed by atoms with E-state index in [0.717, 1.165) is 12.8 Å². The Morgan fingerprint density at radius 3 is 2.67 bits per heavy atom. The topological polar surface area (TPSA) is 72.2 Å². The van der Waals surface area contributed by atoms with E-state index in [-0.39, 0.29) is 24.8 Å². The van der Waals surface area contributed by atoms with Gasteiger partial charge in [-0.25, -0.2) is 17.5 Å². The maximum atomic E-state index is 13.6. The highest BCUT2D eigenvalue weighted by molar-refractivity contribution is 7.89.